The number of carbonyl (C=O) groups excluding carboxylic acids is 1. The molecule has 0 N–H and O–H groups in total. The van der Waals surface area contributed by atoms with E-state index in [0.29, 0.717) is 27.3 Å². The molecule has 7 heteroatoms. The van der Waals surface area contributed by atoms with E-state index in [1.165, 1.54) is 24.5 Å². The minimum atomic E-state index is -0.549. The molecule has 112 valence electrons. The van der Waals surface area contributed by atoms with Crippen LogP contribution in [-0.4, -0.2) is 11.1 Å². The molecule has 3 aromatic rings. The van der Waals surface area contributed by atoms with Crippen LogP contribution < -0.4 is 0 Å². The predicted octanol–water partition coefficient (Wildman–Crippen LogP) is 4.60. The molecule has 3 rings (SSSR count). The van der Waals surface area contributed by atoms with Gasteiger partial charge in [0.2, 0.25) is 5.76 Å². The Labute approximate surface area is 135 Å². The van der Waals surface area contributed by atoms with Crippen molar-refractivity contribution in [2.75, 3.05) is 0 Å². The Hall–Kier alpha value is -2.24. The maximum atomic E-state index is 11.9. The number of benzene rings is 1. The van der Waals surface area contributed by atoms with Crippen LogP contribution in [0.5, 0.6) is 0 Å². The fourth-order valence-corrected chi connectivity index (χ4v) is 2.34. The van der Waals surface area contributed by atoms with E-state index in [4.69, 9.17) is 36.9 Å². The summed E-state index contributed by atoms with van der Waals surface area (Å²) in [6.45, 7) is -0.0345. The average Bonchev–Trinajstić information content (AvgIpc) is 3.14. The van der Waals surface area contributed by atoms with E-state index in [-0.39, 0.29) is 12.2 Å². The lowest BCUT2D eigenvalue weighted by Gasteiger charge is -2.03. The summed E-state index contributed by atoms with van der Waals surface area (Å²) in [7, 11) is 0. The third kappa shape index (κ3) is 3.32. The SMILES string of the molecule is O=C(OCc1cc(-c2ccco2)on1)c1cc(Cl)cc(Cl)c1. The van der Waals surface area contributed by atoms with Crippen LogP contribution in [-0.2, 0) is 11.3 Å². The highest BCUT2D eigenvalue weighted by Crippen LogP contribution is 2.22. The average molecular weight is 338 g/mol. The maximum absolute atomic E-state index is 11.9. The van der Waals surface area contributed by atoms with Crippen molar-refractivity contribution >= 4 is 29.2 Å². The summed E-state index contributed by atoms with van der Waals surface area (Å²) in [6.07, 6.45) is 1.53. The van der Waals surface area contributed by atoms with Crippen molar-refractivity contribution in [2.45, 2.75) is 6.61 Å². The van der Waals surface area contributed by atoms with Crippen molar-refractivity contribution in [3.8, 4) is 11.5 Å². The summed E-state index contributed by atoms with van der Waals surface area (Å²) in [4.78, 5) is 11.9. The van der Waals surface area contributed by atoms with E-state index in [9.17, 15) is 4.79 Å². The smallest absolute Gasteiger partial charge is 0.338 e. The molecular weight excluding hydrogens is 329 g/mol. The molecule has 0 saturated carbocycles. The van der Waals surface area contributed by atoms with Gasteiger partial charge in [0.15, 0.2) is 5.76 Å². The zero-order chi connectivity index (χ0) is 15.5. The van der Waals surface area contributed by atoms with E-state index < -0.39 is 5.97 Å². The number of hydrogen-bond donors (Lipinski definition) is 0. The lowest BCUT2D eigenvalue weighted by molar-refractivity contribution is 0.0464. The molecule has 0 radical (unpaired) electrons. The largest absolute Gasteiger partial charge is 0.461 e. The third-order valence-corrected chi connectivity index (χ3v) is 3.21. The van der Waals surface area contributed by atoms with Crippen LogP contribution in [0.1, 0.15) is 16.1 Å². The van der Waals surface area contributed by atoms with Crippen LogP contribution in [0.15, 0.2) is 51.6 Å². The second-order valence-electron chi connectivity index (χ2n) is 4.39. The Balaban J connectivity index is 1.66. The molecule has 0 amide bonds. The monoisotopic (exact) mass is 337 g/mol. The van der Waals surface area contributed by atoms with Crippen LogP contribution >= 0.6 is 23.2 Å². The van der Waals surface area contributed by atoms with Gasteiger partial charge < -0.3 is 13.7 Å². The van der Waals surface area contributed by atoms with E-state index in [1.807, 2.05) is 0 Å². The molecule has 0 saturated heterocycles. The van der Waals surface area contributed by atoms with Crippen LogP contribution in [0.3, 0.4) is 0 Å². The van der Waals surface area contributed by atoms with Crippen LogP contribution in [0.25, 0.3) is 11.5 Å². The van der Waals surface area contributed by atoms with Crippen molar-refractivity contribution in [3.05, 3.63) is 64.0 Å². The fraction of sp³-hybridized carbons (Fsp3) is 0.0667. The maximum Gasteiger partial charge on any atom is 0.338 e. The minimum absolute atomic E-state index is 0.0345. The van der Waals surface area contributed by atoms with Crippen molar-refractivity contribution in [2.24, 2.45) is 0 Å². The van der Waals surface area contributed by atoms with Gasteiger partial charge in [-0.05, 0) is 30.3 Å². The number of halogens is 2. The summed E-state index contributed by atoms with van der Waals surface area (Å²) in [5.74, 6) is 0.459. The molecule has 0 bridgehead atoms. The number of hydrogen-bond acceptors (Lipinski definition) is 5. The molecule has 22 heavy (non-hydrogen) atoms. The lowest BCUT2D eigenvalue weighted by Crippen LogP contribution is -2.05. The Bertz CT molecular complexity index is 775. The van der Waals surface area contributed by atoms with Gasteiger partial charge >= 0.3 is 5.97 Å². The van der Waals surface area contributed by atoms with E-state index in [1.54, 1.807) is 18.2 Å². The highest BCUT2D eigenvalue weighted by molar-refractivity contribution is 6.35. The van der Waals surface area contributed by atoms with Gasteiger partial charge in [0.1, 0.15) is 12.3 Å². The number of nitrogens with zero attached hydrogens (tertiary/aromatic N) is 1. The number of aromatic nitrogens is 1. The molecule has 0 aliphatic carbocycles. The molecule has 0 aliphatic heterocycles. The molecule has 2 aromatic heterocycles. The molecule has 0 aliphatic rings. The number of esters is 1. The second kappa shape index (κ2) is 6.25. The fourth-order valence-electron chi connectivity index (χ4n) is 1.81. The van der Waals surface area contributed by atoms with Gasteiger partial charge in [-0.15, -0.1) is 0 Å². The summed E-state index contributed by atoms with van der Waals surface area (Å²) < 4.78 is 15.4. The lowest BCUT2D eigenvalue weighted by atomic mass is 10.2. The molecular formula is C15H9Cl2NO4. The molecule has 5 nitrogen and oxygen atoms in total. The highest BCUT2D eigenvalue weighted by atomic mass is 35.5. The van der Waals surface area contributed by atoms with Crippen molar-refractivity contribution in [1.29, 1.82) is 0 Å². The van der Waals surface area contributed by atoms with E-state index in [2.05, 4.69) is 5.16 Å². The van der Waals surface area contributed by atoms with Crippen LogP contribution in [0, 0.1) is 0 Å². The number of ether oxygens (including phenoxy) is 1. The normalized spacial score (nSPS) is 10.6. The minimum Gasteiger partial charge on any atom is -0.461 e. The van der Waals surface area contributed by atoms with Crippen LogP contribution in [0.2, 0.25) is 10.0 Å². The number of rotatable bonds is 4. The Kier molecular flexibility index (Phi) is 4.18. The highest BCUT2D eigenvalue weighted by Gasteiger charge is 2.13. The van der Waals surface area contributed by atoms with Crippen molar-refractivity contribution in [3.63, 3.8) is 0 Å². The summed E-state index contributed by atoms with van der Waals surface area (Å²) in [5.41, 5.74) is 0.736. The summed E-state index contributed by atoms with van der Waals surface area (Å²) >= 11 is 11.7. The summed E-state index contributed by atoms with van der Waals surface area (Å²) in [5, 5.41) is 4.53. The van der Waals surface area contributed by atoms with Gasteiger partial charge in [0.25, 0.3) is 0 Å². The van der Waals surface area contributed by atoms with Crippen LogP contribution in [0.4, 0.5) is 0 Å². The molecule has 0 atom stereocenters. The predicted molar refractivity (Wildman–Crippen MR) is 79.8 cm³/mol. The van der Waals surface area contributed by atoms with Gasteiger partial charge in [-0.2, -0.15) is 0 Å². The molecule has 0 fully saturated rings. The number of furan rings is 1. The first kappa shape index (κ1) is 14.7. The van der Waals surface area contributed by atoms with Gasteiger partial charge in [-0.3, -0.25) is 0 Å². The second-order valence-corrected chi connectivity index (χ2v) is 5.27. The zero-order valence-electron chi connectivity index (χ0n) is 11.1. The Morgan fingerprint density at radius 1 is 1.14 bits per heavy atom. The van der Waals surface area contributed by atoms with Gasteiger partial charge in [-0.1, -0.05) is 28.4 Å². The van der Waals surface area contributed by atoms with E-state index >= 15 is 0 Å². The summed E-state index contributed by atoms with van der Waals surface area (Å²) in [6, 6.07) is 9.61. The van der Waals surface area contributed by atoms with E-state index in [0.717, 1.165) is 0 Å². The van der Waals surface area contributed by atoms with Crippen molar-refractivity contribution < 1.29 is 18.5 Å². The molecule has 0 spiro atoms. The topological polar surface area (TPSA) is 65.5 Å². The number of carbonyl (C=O) groups is 1. The molecule has 1 aromatic carbocycles. The quantitative estimate of drug-likeness (QED) is 0.651. The van der Waals surface area contributed by atoms with Crippen molar-refractivity contribution in [1.82, 2.24) is 5.16 Å². The Morgan fingerprint density at radius 3 is 2.59 bits per heavy atom. The Morgan fingerprint density at radius 2 is 1.91 bits per heavy atom. The first-order chi connectivity index (χ1) is 10.6. The van der Waals surface area contributed by atoms with Gasteiger partial charge in [0, 0.05) is 16.1 Å². The molecule has 0 unspecified atom stereocenters. The standard InChI is InChI=1S/C15H9Cl2NO4/c16-10-4-9(5-11(17)6-10)15(19)21-8-12-7-14(22-18-12)13-2-1-3-20-13/h1-7H,8H2. The van der Waals surface area contributed by atoms with Gasteiger partial charge in [-0.25, -0.2) is 4.79 Å². The van der Waals surface area contributed by atoms with Gasteiger partial charge in [0.05, 0.1) is 11.8 Å². The first-order valence-electron chi connectivity index (χ1n) is 6.24. The third-order valence-electron chi connectivity index (χ3n) is 2.77. The molecule has 2 heterocycles. The first-order valence-corrected chi connectivity index (χ1v) is 7.00. The zero-order valence-corrected chi connectivity index (χ0v) is 12.6.